The van der Waals surface area contributed by atoms with E-state index in [1.165, 1.54) is 6.42 Å². The van der Waals surface area contributed by atoms with E-state index in [9.17, 15) is 8.42 Å². The molecule has 1 aromatic carbocycles. The first-order valence-corrected chi connectivity index (χ1v) is 10.2. The van der Waals surface area contributed by atoms with Crippen LogP contribution in [0.15, 0.2) is 17.0 Å². The van der Waals surface area contributed by atoms with Crippen molar-refractivity contribution >= 4 is 10.0 Å². The number of nitrogens with one attached hydrogen (secondary N) is 1. The third-order valence-electron chi connectivity index (χ3n) is 5.11. The molecular formula is C18H27NO4S. The fourth-order valence-electron chi connectivity index (χ4n) is 3.57. The van der Waals surface area contributed by atoms with E-state index in [0.717, 1.165) is 42.4 Å². The predicted molar refractivity (Wildman–Crippen MR) is 92.5 cm³/mol. The lowest BCUT2D eigenvalue weighted by atomic mass is 9.94. The molecule has 6 heteroatoms. The maximum atomic E-state index is 12.6. The first-order valence-electron chi connectivity index (χ1n) is 8.71. The molecule has 3 rings (SSSR count). The fourth-order valence-corrected chi connectivity index (χ4v) is 4.95. The normalized spacial score (nSPS) is 23.7. The predicted octanol–water partition coefficient (Wildman–Crippen LogP) is 2.97. The Bertz CT molecular complexity index is 708. The summed E-state index contributed by atoms with van der Waals surface area (Å²) in [5, 5.41) is 0. The topological polar surface area (TPSA) is 64.6 Å². The van der Waals surface area contributed by atoms with Gasteiger partial charge in [0, 0.05) is 19.4 Å². The molecule has 1 aliphatic carbocycles. The molecule has 0 aromatic heterocycles. The van der Waals surface area contributed by atoms with Gasteiger partial charge in [-0.3, -0.25) is 0 Å². The molecule has 1 heterocycles. The van der Waals surface area contributed by atoms with Crippen LogP contribution in [0.1, 0.15) is 48.8 Å². The lowest BCUT2D eigenvalue weighted by molar-refractivity contribution is -0.186. The Morgan fingerprint density at radius 3 is 2.46 bits per heavy atom. The SMILES string of the molecule is Cc1cc(C)c(S(=O)(=O)NC[C@H]2COC3(CCCCC3)O2)cc1C. The van der Waals surface area contributed by atoms with Gasteiger partial charge in [-0.15, -0.1) is 0 Å². The quantitative estimate of drug-likeness (QED) is 0.904. The number of sulfonamides is 1. The first kappa shape index (κ1) is 17.9. The zero-order chi connectivity index (χ0) is 17.4. The van der Waals surface area contributed by atoms with Gasteiger partial charge in [0.05, 0.1) is 17.6 Å². The number of benzene rings is 1. The summed E-state index contributed by atoms with van der Waals surface area (Å²) in [6.07, 6.45) is 5.04. The molecule has 0 bridgehead atoms. The van der Waals surface area contributed by atoms with Gasteiger partial charge in [0.1, 0.15) is 0 Å². The highest BCUT2D eigenvalue weighted by Crippen LogP contribution is 2.37. The molecular weight excluding hydrogens is 326 g/mol. The number of ether oxygens (including phenoxy) is 2. The van der Waals surface area contributed by atoms with Gasteiger partial charge in [-0.05, 0) is 56.4 Å². The molecule has 2 aliphatic rings. The molecule has 2 fully saturated rings. The average Bonchev–Trinajstić information content (AvgIpc) is 2.92. The molecule has 1 aromatic rings. The third-order valence-corrected chi connectivity index (χ3v) is 6.68. The summed E-state index contributed by atoms with van der Waals surface area (Å²) in [6, 6.07) is 3.65. The Kier molecular flexibility index (Phi) is 5.02. The van der Waals surface area contributed by atoms with E-state index >= 15 is 0 Å². The van der Waals surface area contributed by atoms with Crippen molar-refractivity contribution in [3.63, 3.8) is 0 Å². The van der Waals surface area contributed by atoms with Gasteiger partial charge >= 0.3 is 0 Å². The van der Waals surface area contributed by atoms with Crippen LogP contribution in [0.5, 0.6) is 0 Å². The molecule has 1 N–H and O–H groups in total. The van der Waals surface area contributed by atoms with Crippen molar-refractivity contribution in [1.82, 2.24) is 4.72 Å². The van der Waals surface area contributed by atoms with Crippen molar-refractivity contribution < 1.29 is 17.9 Å². The number of hydrogen-bond donors (Lipinski definition) is 1. The largest absolute Gasteiger partial charge is 0.347 e. The van der Waals surface area contributed by atoms with Crippen molar-refractivity contribution in [2.75, 3.05) is 13.2 Å². The molecule has 1 saturated carbocycles. The Labute approximate surface area is 144 Å². The summed E-state index contributed by atoms with van der Waals surface area (Å²) >= 11 is 0. The van der Waals surface area contributed by atoms with E-state index in [1.807, 2.05) is 26.8 Å². The van der Waals surface area contributed by atoms with Crippen LogP contribution >= 0.6 is 0 Å². The van der Waals surface area contributed by atoms with E-state index in [4.69, 9.17) is 9.47 Å². The van der Waals surface area contributed by atoms with Crippen LogP contribution in [0.25, 0.3) is 0 Å². The van der Waals surface area contributed by atoms with Crippen molar-refractivity contribution in [2.24, 2.45) is 0 Å². The van der Waals surface area contributed by atoms with Gasteiger partial charge in [0.15, 0.2) is 5.79 Å². The number of hydrogen-bond acceptors (Lipinski definition) is 4. The molecule has 1 spiro atoms. The molecule has 0 amide bonds. The van der Waals surface area contributed by atoms with Gasteiger partial charge in [-0.25, -0.2) is 13.1 Å². The summed E-state index contributed by atoms with van der Waals surface area (Å²) < 4.78 is 39.9. The van der Waals surface area contributed by atoms with Gasteiger partial charge in [0.2, 0.25) is 10.0 Å². The molecule has 1 saturated heterocycles. The Balaban J connectivity index is 1.65. The average molecular weight is 353 g/mol. The Morgan fingerprint density at radius 2 is 1.75 bits per heavy atom. The smallest absolute Gasteiger partial charge is 0.240 e. The lowest BCUT2D eigenvalue weighted by Gasteiger charge is -2.31. The summed E-state index contributed by atoms with van der Waals surface area (Å²) in [7, 11) is -3.55. The van der Waals surface area contributed by atoms with Crippen LogP contribution in [0, 0.1) is 20.8 Å². The van der Waals surface area contributed by atoms with Crippen LogP contribution in [-0.2, 0) is 19.5 Å². The summed E-state index contributed by atoms with van der Waals surface area (Å²) in [4.78, 5) is 0.344. The van der Waals surface area contributed by atoms with Gasteiger partial charge in [-0.2, -0.15) is 0 Å². The Hall–Kier alpha value is -0.950. The van der Waals surface area contributed by atoms with Crippen LogP contribution < -0.4 is 4.72 Å². The zero-order valence-electron chi connectivity index (χ0n) is 14.7. The highest BCUT2D eigenvalue weighted by molar-refractivity contribution is 7.89. The second kappa shape index (κ2) is 6.75. The number of aryl methyl sites for hydroxylation is 3. The maximum Gasteiger partial charge on any atom is 0.240 e. The molecule has 0 radical (unpaired) electrons. The molecule has 1 atom stereocenters. The van der Waals surface area contributed by atoms with Gasteiger partial charge in [-0.1, -0.05) is 12.5 Å². The minimum absolute atomic E-state index is 0.218. The number of rotatable bonds is 4. The second-order valence-electron chi connectivity index (χ2n) is 7.08. The summed E-state index contributed by atoms with van der Waals surface area (Å²) in [5.41, 5.74) is 2.83. The standard InChI is InChI=1S/C18H27NO4S/c1-13-9-15(3)17(10-14(13)2)24(20,21)19-11-16-12-22-18(23-16)7-5-4-6-8-18/h9-10,16,19H,4-8,11-12H2,1-3H3/t16-/m0/s1. The van der Waals surface area contributed by atoms with E-state index in [0.29, 0.717) is 11.5 Å². The van der Waals surface area contributed by atoms with Crippen molar-refractivity contribution in [3.8, 4) is 0 Å². The first-order chi connectivity index (χ1) is 11.3. The maximum absolute atomic E-state index is 12.6. The zero-order valence-corrected chi connectivity index (χ0v) is 15.5. The second-order valence-corrected chi connectivity index (χ2v) is 8.81. The highest BCUT2D eigenvalue weighted by Gasteiger charge is 2.42. The van der Waals surface area contributed by atoms with E-state index in [1.54, 1.807) is 6.07 Å². The van der Waals surface area contributed by atoms with Crippen LogP contribution in [0.2, 0.25) is 0 Å². The van der Waals surface area contributed by atoms with Crippen molar-refractivity contribution in [3.05, 3.63) is 28.8 Å². The highest BCUT2D eigenvalue weighted by atomic mass is 32.2. The molecule has 134 valence electrons. The third kappa shape index (κ3) is 3.67. The molecule has 1 aliphatic heterocycles. The minimum atomic E-state index is -3.55. The fraction of sp³-hybridized carbons (Fsp3) is 0.667. The lowest BCUT2D eigenvalue weighted by Crippen LogP contribution is -2.37. The molecule has 24 heavy (non-hydrogen) atoms. The molecule has 0 unspecified atom stereocenters. The minimum Gasteiger partial charge on any atom is -0.347 e. The van der Waals surface area contributed by atoms with Crippen LogP contribution in [0.3, 0.4) is 0 Å². The summed E-state index contributed by atoms with van der Waals surface area (Å²) in [5.74, 6) is -0.468. The van der Waals surface area contributed by atoms with Crippen LogP contribution in [-0.4, -0.2) is 33.5 Å². The van der Waals surface area contributed by atoms with E-state index in [2.05, 4.69) is 4.72 Å². The van der Waals surface area contributed by atoms with Gasteiger partial charge < -0.3 is 9.47 Å². The summed E-state index contributed by atoms with van der Waals surface area (Å²) in [6.45, 7) is 6.44. The van der Waals surface area contributed by atoms with E-state index in [-0.39, 0.29) is 12.6 Å². The van der Waals surface area contributed by atoms with Crippen molar-refractivity contribution in [1.29, 1.82) is 0 Å². The van der Waals surface area contributed by atoms with Crippen LogP contribution in [0.4, 0.5) is 0 Å². The monoisotopic (exact) mass is 353 g/mol. The van der Waals surface area contributed by atoms with E-state index < -0.39 is 15.8 Å². The Morgan fingerprint density at radius 1 is 1.08 bits per heavy atom. The van der Waals surface area contributed by atoms with Gasteiger partial charge in [0.25, 0.3) is 0 Å². The molecule has 5 nitrogen and oxygen atoms in total. The van der Waals surface area contributed by atoms with Crippen molar-refractivity contribution in [2.45, 2.75) is 69.7 Å².